The summed E-state index contributed by atoms with van der Waals surface area (Å²) in [6.45, 7) is 4.60. The zero-order valence-corrected chi connectivity index (χ0v) is 16.8. The van der Waals surface area contributed by atoms with Crippen LogP contribution in [0.15, 0.2) is 53.4 Å². The van der Waals surface area contributed by atoms with Gasteiger partial charge in [-0.3, -0.25) is 9.69 Å². The van der Waals surface area contributed by atoms with Crippen LogP contribution >= 0.6 is 0 Å². The molecule has 0 aromatic heterocycles. The van der Waals surface area contributed by atoms with E-state index in [2.05, 4.69) is 29.3 Å². The van der Waals surface area contributed by atoms with Crippen molar-refractivity contribution in [3.63, 3.8) is 0 Å². The summed E-state index contributed by atoms with van der Waals surface area (Å²) in [5.74, 6) is -0.0921. The number of nitrogens with zero attached hydrogens (tertiary/aromatic N) is 2. The molecule has 1 atom stereocenters. The Bertz CT molecular complexity index is 968. The maximum atomic E-state index is 13.0. The molecule has 1 amide bonds. The molecule has 2 aromatic carbocycles. The third kappa shape index (κ3) is 3.83. The number of anilines is 1. The summed E-state index contributed by atoms with van der Waals surface area (Å²) < 4.78 is 27.6. The lowest BCUT2D eigenvalue weighted by atomic mass is 10.1. The number of hydrogen-bond acceptors (Lipinski definition) is 4. The standard InChI is InChI=1S/C21H25N3O3S/c1-16(13-17-5-3-2-4-6-17)23-9-11-24(12-10-23)28(26,27)19-7-8-20-18(14-19)15-21(25)22-20/h2-8,14,16H,9-13,15H2,1H3,(H,22,25). The van der Waals surface area contributed by atoms with E-state index in [0.717, 1.165) is 25.1 Å². The molecule has 2 heterocycles. The van der Waals surface area contributed by atoms with Crippen LogP contribution in [0.4, 0.5) is 5.69 Å². The zero-order chi connectivity index (χ0) is 19.7. The van der Waals surface area contributed by atoms with Gasteiger partial charge in [-0.05, 0) is 42.7 Å². The first kappa shape index (κ1) is 19.1. The minimum Gasteiger partial charge on any atom is -0.326 e. The van der Waals surface area contributed by atoms with Crippen molar-refractivity contribution in [2.75, 3.05) is 31.5 Å². The Hall–Kier alpha value is -2.22. The van der Waals surface area contributed by atoms with Gasteiger partial charge in [0.15, 0.2) is 0 Å². The van der Waals surface area contributed by atoms with Crippen LogP contribution in [0.3, 0.4) is 0 Å². The van der Waals surface area contributed by atoms with Crippen LogP contribution in [0.5, 0.6) is 0 Å². The summed E-state index contributed by atoms with van der Waals surface area (Å²) in [6.07, 6.45) is 1.20. The molecule has 0 saturated carbocycles. The van der Waals surface area contributed by atoms with Crippen LogP contribution in [0.1, 0.15) is 18.1 Å². The van der Waals surface area contributed by atoms with Gasteiger partial charge in [-0.1, -0.05) is 30.3 Å². The van der Waals surface area contributed by atoms with Gasteiger partial charge < -0.3 is 5.32 Å². The number of hydrogen-bond donors (Lipinski definition) is 1. The molecule has 6 nitrogen and oxygen atoms in total. The number of fused-ring (bicyclic) bond motifs is 1. The number of piperazine rings is 1. The lowest BCUT2D eigenvalue weighted by molar-refractivity contribution is -0.115. The van der Waals surface area contributed by atoms with Crippen LogP contribution in [-0.2, 0) is 27.7 Å². The highest BCUT2D eigenvalue weighted by Crippen LogP contribution is 2.28. The van der Waals surface area contributed by atoms with Crippen molar-refractivity contribution in [1.29, 1.82) is 0 Å². The minimum absolute atomic E-state index is 0.0921. The maximum absolute atomic E-state index is 13.0. The molecule has 1 saturated heterocycles. The third-order valence-electron chi connectivity index (χ3n) is 5.61. The van der Waals surface area contributed by atoms with E-state index in [4.69, 9.17) is 0 Å². The SMILES string of the molecule is CC(Cc1ccccc1)N1CCN(S(=O)(=O)c2ccc3c(c2)CC(=O)N3)CC1. The molecule has 0 bridgehead atoms. The quantitative estimate of drug-likeness (QED) is 0.836. The van der Waals surface area contributed by atoms with Gasteiger partial charge in [0, 0.05) is 37.9 Å². The first-order chi connectivity index (χ1) is 13.4. The number of carbonyl (C=O) groups is 1. The van der Waals surface area contributed by atoms with Gasteiger partial charge in [0.1, 0.15) is 0 Å². The monoisotopic (exact) mass is 399 g/mol. The molecule has 1 unspecified atom stereocenters. The molecular formula is C21H25N3O3S. The highest BCUT2D eigenvalue weighted by Gasteiger charge is 2.31. The smallest absolute Gasteiger partial charge is 0.243 e. The largest absolute Gasteiger partial charge is 0.326 e. The Labute approximate surface area is 166 Å². The van der Waals surface area contributed by atoms with Crippen LogP contribution < -0.4 is 5.32 Å². The second kappa shape index (κ2) is 7.66. The Morgan fingerprint density at radius 2 is 1.75 bits per heavy atom. The molecule has 0 radical (unpaired) electrons. The predicted octanol–water partition coefficient (Wildman–Crippen LogP) is 2.12. The van der Waals surface area contributed by atoms with Crippen molar-refractivity contribution in [2.45, 2.75) is 30.7 Å². The molecule has 28 heavy (non-hydrogen) atoms. The van der Waals surface area contributed by atoms with Crippen molar-refractivity contribution in [3.8, 4) is 0 Å². The van der Waals surface area contributed by atoms with E-state index < -0.39 is 10.0 Å². The number of amides is 1. The Morgan fingerprint density at radius 3 is 2.46 bits per heavy atom. The fraction of sp³-hybridized carbons (Fsp3) is 0.381. The summed E-state index contributed by atoms with van der Waals surface area (Å²) in [5, 5.41) is 2.74. The average molecular weight is 400 g/mol. The predicted molar refractivity (Wildman–Crippen MR) is 109 cm³/mol. The fourth-order valence-corrected chi connectivity index (χ4v) is 5.46. The molecule has 2 aliphatic heterocycles. The normalized spacial score (nSPS) is 19.2. The van der Waals surface area contributed by atoms with Crippen molar-refractivity contribution in [2.24, 2.45) is 0 Å². The molecule has 4 rings (SSSR count). The first-order valence-corrected chi connectivity index (χ1v) is 11.1. The van der Waals surface area contributed by atoms with Crippen LogP contribution in [0.25, 0.3) is 0 Å². The maximum Gasteiger partial charge on any atom is 0.243 e. The van der Waals surface area contributed by atoms with Crippen molar-refractivity contribution in [3.05, 3.63) is 59.7 Å². The summed E-state index contributed by atoms with van der Waals surface area (Å²) in [4.78, 5) is 14.1. The lowest BCUT2D eigenvalue weighted by Crippen LogP contribution is -2.51. The molecule has 1 fully saturated rings. The molecule has 0 spiro atoms. The molecule has 2 aliphatic rings. The van der Waals surface area contributed by atoms with E-state index >= 15 is 0 Å². The topological polar surface area (TPSA) is 69.7 Å². The Morgan fingerprint density at radius 1 is 1.04 bits per heavy atom. The zero-order valence-electron chi connectivity index (χ0n) is 16.0. The molecule has 0 aliphatic carbocycles. The molecule has 7 heteroatoms. The highest BCUT2D eigenvalue weighted by atomic mass is 32.2. The van der Waals surface area contributed by atoms with E-state index in [-0.39, 0.29) is 17.2 Å². The van der Waals surface area contributed by atoms with Crippen LogP contribution in [0, 0.1) is 0 Å². The van der Waals surface area contributed by atoms with Gasteiger partial charge in [0.05, 0.1) is 11.3 Å². The van der Waals surface area contributed by atoms with Gasteiger partial charge in [0.25, 0.3) is 0 Å². The second-order valence-electron chi connectivity index (χ2n) is 7.52. The van der Waals surface area contributed by atoms with E-state index in [9.17, 15) is 13.2 Å². The van der Waals surface area contributed by atoms with Gasteiger partial charge >= 0.3 is 0 Å². The molecule has 2 aromatic rings. The van der Waals surface area contributed by atoms with Crippen molar-refractivity contribution < 1.29 is 13.2 Å². The van der Waals surface area contributed by atoms with Crippen LogP contribution in [0.2, 0.25) is 0 Å². The van der Waals surface area contributed by atoms with Crippen LogP contribution in [-0.4, -0.2) is 55.8 Å². The summed E-state index contributed by atoms with van der Waals surface area (Å²) in [6, 6.07) is 15.6. The first-order valence-electron chi connectivity index (χ1n) is 9.64. The van der Waals surface area contributed by atoms with Gasteiger partial charge in [-0.2, -0.15) is 4.31 Å². The fourth-order valence-electron chi connectivity index (χ4n) is 3.98. The second-order valence-corrected chi connectivity index (χ2v) is 9.46. The Kier molecular flexibility index (Phi) is 5.23. The van der Waals surface area contributed by atoms with Crippen molar-refractivity contribution >= 4 is 21.6 Å². The molecule has 1 N–H and O–H groups in total. The average Bonchev–Trinajstić information content (AvgIpc) is 3.08. The van der Waals surface area contributed by atoms with Gasteiger partial charge in [-0.25, -0.2) is 8.42 Å². The van der Waals surface area contributed by atoms with E-state index in [1.807, 2.05) is 18.2 Å². The highest BCUT2D eigenvalue weighted by molar-refractivity contribution is 7.89. The Balaban J connectivity index is 1.40. The number of carbonyl (C=O) groups excluding carboxylic acids is 1. The molecular weight excluding hydrogens is 374 g/mol. The van der Waals surface area contributed by atoms with E-state index in [0.29, 0.717) is 24.8 Å². The van der Waals surface area contributed by atoms with E-state index in [1.165, 1.54) is 5.56 Å². The number of nitrogens with one attached hydrogen (secondary N) is 1. The number of rotatable bonds is 5. The third-order valence-corrected chi connectivity index (χ3v) is 7.50. The number of benzene rings is 2. The van der Waals surface area contributed by atoms with E-state index in [1.54, 1.807) is 22.5 Å². The summed E-state index contributed by atoms with van der Waals surface area (Å²) in [7, 11) is -3.54. The lowest BCUT2D eigenvalue weighted by Gasteiger charge is -2.37. The van der Waals surface area contributed by atoms with Gasteiger partial charge in [-0.15, -0.1) is 0 Å². The van der Waals surface area contributed by atoms with Crippen molar-refractivity contribution in [1.82, 2.24) is 9.21 Å². The molecule has 148 valence electrons. The summed E-state index contributed by atoms with van der Waals surface area (Å²) >= 11 is 0. The minimum atomic E-state index is -3.54. The summed E-state index contributed by atoms with van der Waals surface area (Å²) in [5.41, 5.74) is 2.76. The number of sulfonamides is 1. The van der Waals surface area contributed by atoms with Gasteiger partial charge in [0.2, 0.25) is 15.9 Å².